The van der Waals surface area contributed by atoms with Gasteiger partial charge in [-0.3, -0.25) is 0 Å². The molecule has 0 saturated heterocycles. The van der Waals surface area contributed by atoms with Crippen molar-refractivity contribution in [1.82, 2.24) is 0 Å². The minimum absolute atomic E-state index is 0.334. The van der Waals surface area contributed by atoms with Crippen molar-refractivity contribution in [3.63, 3.8) is 0 Å². The first-order chi connectivity index (χ1) is 6.85. The zero-order valence-corrected chi connectivity index (χ0v) is 9.54. The van der Waals surface area contributed by atoms with Gasteiger partial charge in [0.25, 0.3) is 0 Å². The molecule has 0 saturated carbocycles. The summed E-state index contributed by atoms with van der Waals surface area (Å²) in [4.78, 5) is 0. The van der Waals surface area contributed by atoms with E-state index < -0.39 is 0 Å². The van der Waals surface area contributed by atoms with Crippen LogP contribution in [0.25, 0.3) is 0 Å². The fourth-order valence-corrected chi connectivity index (χ4v) is 1.82. The van der Waals surface area contributed by atoms with E-state index in [1.54, 1.807) is 0 Å². The molecule has 0 aliphatic rings. The minimum atomic E-state index is 0.334. The highest BCUT2D eigenvalue weighted by atomic mass is 16.3. The molecule has 2 nitrogen and oxygen atoms in total. The van der Waals surface area contributed by atoms with Crippen LogP contribution in [0.5, 0.6) is 0 Å². The summed E-state index contributed by atoms with van der Waals surface area (Å²) in [5.74, 6) is 0.834. The van der Waals surface area contributed by atoms with E-state index in [0.29, 0.717) is 13.2 Å². The number of hydrogen-bond acceptors (Lipinski definition) is 2. The zero-order chi connectivity index (χ0) is 10.6. The Morgan fingerprint density at radius 1 is 0.786 bits per heavy atom. The molecule has 0 aromatic carbocycles. The SMILES string of the molecule is CCC(CCCCO)CCCCCO. The normalized spacial score (nSPS) is 13.1. The summed E-state index contributed by atoms with van der Waals surface area (Å²) in [6.45, 7) is 2.91. The van der Waals surface area contributed by atoms with Gasteiger partial charge in [0.15, 0.2) is 0 Å². The van der Waals surface area contributed by atoms with Crippen molar-refractivity contribution in [2.75, 3.05) is 13.2 Å². The minimum Gasteiger partial charge on any atom is -0.396 e. The standard InChI is InChI=1S/C12H26O2/c1-2-12(9-5-7-11-14)8-4-3-6-10-13/h12-14H,2-11H2,1H3. The number of rotatable bonds is 10. The molecule has 0 aliphatic carbocycles. The van der Waals surface area contributed by atoms with Crippen molar-refractivity contribution < 1.29 is 10.2 Å². The van der Waals surface area contributed by atoms with E-state index in [2.05, 4.69) is 6.92 Å². The Hall–Kier alpha value is -0.0800. The highest BCUT2D eigenvalue weighted by Crippen LogP contribution is 2.19. The Bertz CT molecular complexity index is 104. The van der Waals surface area contributed by atoms with E-state index in [1.807, 2.05) is 0 Å². The Balaban J connectivity index is 3.28. The molecule has 0 heterocycles. The van der Waals surface area contributed by atoms with Crippen LogP contribution in [0.15, 0.2) is 0 Å². The predicted molar refractivity (Wildman–Crippen MR) is 60.3 cm³/mol. The van der Waals surface area contributed by atoms with Crippen LogP contribution in [0, 0.1) is 5.92 Å². The molecule has 2 heteroatoms. The third kappa shape index (κ3) is 8.52. The van der Waals surface area contributed by atoms with Gasteiger partial charge in [-0.05, 0) is 18.8 Å². The predicted octanol–water partition coefficient (Wildman–Crippen LogP) is 2.73. The molecule has 0 fully saturated rings. The molecule has 14 heavy (non-hydrogen) atoms. The first-order valence-electron chi connectivity index (χ1n) is 6.06. The van der Waals surface area contributed by atoms with Gasteiger partial charge in [-0.2, -0.15) is 0 Å². The van der Waals surface area contributed by atoms with Crippen molar-refractivity contribution in [3.8, 4) is 0 Å². The fraction of sp³-hybridized carbons (Fsp3) is 1.00. The number of aliphatic hydroxyl groups excluding tert-OH is 2. The molecular weight excluding hydrogens is 176 g/mol. The smallest absolute Gasteiger partial charge is 0.0431 e. The second-order valence-electron chi connectivity index (χ2n) is 4.07. The molecule has 1 atom stereocenters. The molecule has 0 rings (SSSR count). The van der Waals surface area contributed by atoms with Crippen LogP contribution < -0.4 is 0 Å². The average Bonchev–Trinajstić information content (AvgIpc) is 2.22. The second kappa shape index (κ2) is 11.0. The van der Waals surface area contributed by atoms with Crippen LogP contribution in [-0.4, -0.2) is 23.4 Å². The molecule has 2 N–H and O–H groups in total. The lowest BCUT2D eigenvalue weighted by Crippen LogP contribution is -2.00. The van der Waals surface area contributed by atoms with Crippen molar-refractivity contribution in [3.05, 3.63) is 0 Å². The van der Waals surface area contributed by atoms with Gasteiger partial charge in [0.1, 0.15) is 0 Å². The van der Waals surface area contributed by atoms with Gasteiger partial charge in [0.05, 0.1) is 0 Å². The van der Waals surface area contributed by atoms with Crippen LogP contribution in [0.4, 0.5) is 0 Å². The van der Waals surface area contributed by atoms with Gasteiger partial charge in [-0.15, -0.1) is 0 Å². The van der Waals surface area contributed by atoms with E-state index in [-0.39, 0.29) is 0 Å². The molecule has 86 valence electrons. The third-order valence-electron chi connectivity index (χ3n) is 2.87. The Kier molecular flexibility index (Phi) is 10.9. The first kappa shape index (κ1) is 13.9. The molecule has 0 aromatic rings. The number of hydrogen-bond donors (Lipinski definition) is 2. The first-order valence-corrected chi connectivity index (χ1v) is 6.06. The van der Waals surface area contributed by atoms with E-state index in [9.17, 15) is 0 Å². The van der Waals surface area contributed by atoms with Crippen LogP contribution >= 0.6 is 0 Å². The molecule has 0 amide bonds. The monoisotopic (exact) mass is 202 g/mol. The highest BCUT2D eigenvalue weighted by molar-refractivity contribution is 4.58. The number of unbranched alkanes of at least 4 members (excludes halogenated alkanes) is 3. The van der Waals surface area contributed by atoms with Crippen molar-refractivity contribution in [2.24, 2.45) is 5.92 Å². The van der Waals surface area contributed by atoms with E-state index in [1.165, 1.54) is 25.7 Å². The second-order valence-corrected chi connectivity index (χ2v) is 4.07. The van der Waals surface area contributed by atoms with Crippen molar-refractivity contribution in [1.29, 1.82) is 0 Å². The highest BCUT2D eigenvalue weighted by Gasteiger charge is 2.05. The van der Waals surface area contributed by atoms with Gasteiger partial charge in [-0.25, -0.2) is 0 Å². The van der Waals surface area contributed by atoms with Crippen LogP contribution in [0.1, 0.15) is 58.3 Å². The summed E-state index contributed by atoms with van der Waals surface area (Å²) in [5, 5.41) is 17.3. The summed E-state index contributed by atoms with van der Waals surface area (Å²) in [6.07, 6.45) is 9.28. The lowest BCUT2D eigenvalue weighted by Gasteiger charge is -2.13. The van der Waals surface area contributed by atoms with Crippen LogP contribution in [0.2, 0.25) is 0 Å². The summed E-state index contributed by atoms with van der Waals surface area (Å²) in [7, 11) is 0. The largest absolute Gasteiger partial charge is 0.396 e. The van der Waals surface area contributed by atoms with E-state index >= 15 is 0 Å². The molecule has 0 bridgehead atoms. The van der Waals surface area contributed by atoms with E-state index in [4.69, 9.17) is 10.2 Å². The van der Waals surface area contributed by atoms with Gasteiger partial charge in [0, 0.05) is 13.2 Å². The van der Waals surface area contributed by atoms with Crippen LogP contribution in [0.3, 0.4) is 0 Å². The third-order valence-corrected chi connectivity index (χ3v) is 2.87. The summed E-state index contributed by atoms with van der Waals surface area (Å²) in [6, 6.07) is 0. The maximum Gasteiger partial charge on any atom is 0.0431 e. The van der Waals surface area contributed by atoms with Crippen molar-refractivity contribution in [2.45, 2.75) is 58.3 Å². The topological polar surface area (TPSA) is 40.5 Å². The molecule has 0 spiro atoms. The molecular formula is C12H26O2. The average molecular weight is 202 g/mol. The maximum atomic E-state index is 8.67. The maximum absolute atomic E-state index is 8.67. The number of aliphatic hydroxyl groups is 2. The van der Waals surface area contributed by atoms with E-state index in [0.717, 1.165) is 31.6 Å². The van der Waals surface area contributed by atoms with Gasteiger partial charge in [-0.1, -0.05) is 45.4 Å². The Morgan fingerprint density at radius 3 is 1.79 bits per heavy atom. The van der Waals surface area contributed by atoms with Crippen molar-refractivity contribution >= 4 is 0 Å². The Labute approximate surface area is 88.3 Å². The van der Waals surface area contributed by atoms with Crippen LogP contribution in [-0.2, 0) is 0 Å². The summed E-state index contributed by atoms with van der Waals surface area (Å²) < 4.78 is 0. The molecule has 0 aliphatic heterocycles. The quantitative estimate of drug-likeness (QED) is 0.535. The lowest BCUT2D eigenvalue weighted by molar-refractivity contribution is 0.270. The lowest BCUT2D eigenvalue weighted by atomic mass is 9.93. The summed E-state index contributed by atoms with van der Waals surface area (Å²) >= 11 is 0. The molecule has 1 unspecified atom stereocenters. The Morgan fingerprint density at radius 2 is 1.29 bits per heavy atom. The summed E-state index contributed by atoms with van der Waals surface area (Å²) in [5.41, 5.74) is 0. The molecule has 0 radical (unpaired) electrons. The van der Waals surface area contributed by atoms with Gasteiger partial charge >= 0.3 is 0 Å². The fourth-order valence-electron chi connectivity index (χ4n) is 1.82. The van der Waals surface area contributed by atoms with Gasteiger partial charge in [0.2, 0.25) is 0 Å². The zero-order valence-electron chi connectivity index (χ0n) is 9.54. The molecule has 0 aromatic heterocycles. The van der Waals surface area contributed by atoms with Gasteiger partial charge < -0.3 is 10.2 Å².